The molecular weight excluding hydrogens is 210 g/mol. The van der Waals surface area contributed by atoms with Crippen LogP contribution in [0.1, 0.15) is 45.6 Å². The highest BCUT2D eigenvalue weighted by molar-refractivity contribution is 5.62. The normalized spacial score (nSPS) is 22.2. The van der Waals surface area contributed by atoms with Crippen LogP contribution < -0.4 is 9.64 Å². The summed E-state index contributed by atoms with van der Waals surface area (Å²) in [5.74, 6) is 1.57. The third-order valence-electron chi connectivity index (χ3n) is 3.91. The average Bonchev–Trinajstić information content (AvgIpc) is 2.27. The molecule has 2 nitrogen and oxygen atoms in total. The molecule has 94 valence electrons. The molecule has 0 aromatic heterocycles. The lowest BCUT2D eigenvalue weighted by Gasteiger charge is -2.47. The van der Waals surface area contributed by atoms with Crippen LogP contribution in [0.25, 0.3) is 0 Å². The fraction of sp³-hybridized carbons (Fsp3) is 0.600. The summed E-state index contributed by atoms with van der Waals surface area (Å²) >= 11 is 0. The molecule has 1 aromatic carbocycles. The zero-order valence-electron chi connectivity index (χ0n) is 11.6. The Kier molecular flexibility index (Phi) is 3.07. The Morgan fingerprint density at radius 2 is 2.12 bits per heavy atom. The SMILES string of the molecule is CCN1c2cc(OC)ccc2C(C)CC1(C)C. The van der Waals surface area contributed by atoms with Crippen molar-refractivity contribution in [3.05, 3.63) is 23.8 Å². The molecule has 1 aliphatic rings. The molecule has 1 atom stereocenters. The molecule has 0 N–H and O–H groups in total. The highest BCUT2D eigenvalue weighted by atomic mass is 16.5. The van der Waals surface area contributed by atoms with Gasteiger partial charge in [0, 0.05) is 23.8 Å². The molecule has 1 unspecified atom stereocenters. The minimum absolute atomic E-state index is 0.230. The fourth-order valence-electron chi connectivity index (χ4n) is 3.19. The Hall–Kier alpha value is -1.18. The first-order valence-electron chi connectivity index (χ1n) is 6.45. The molecule has 17 heavy (non-hydrogen) atoms. The van der Waals surface area contributed by atoms with Crippen LogP contribution in [-0.2, 0) is 0 Å². The summed E-state index contributed by atoms with van der Waals surface area (Å²) in [5, 5.41) is 0. The van der Waals surface area contributed by atoms with E-state index in [9.17, 15) is 0 Å². The minimum Gasteiger partial charge on any atom is -0.497 e. The zero-order chi connectivity index (χ0) is 12.6. The maximum absolute atomic E-state index is 5.35. The molecule has 1 heterocycles. The summed E-state index contributed by atoms with van der Waals surface area (Å²) in [6.07, 6.45) is 1.21. The summed E-state index contributed by atoms with van der Waals surface area (Å²) in [6.45, 7) is 10.2. The minimum atomic E-state index is 0.230. The molecule has 0 spiro atoms. The van der Waals surface area contributed by atoms with Crippen LogP contribution in [0.2, 0.25) is 0 Å². The Morgan fingerprint density at radius 1 is 1.41 bits per heavy atom. The van der Waals surface area contributed by atoms with Gasteiger partial charge in [0.25, 0.3) is 0 Å². The van der Waals surface area contributed by atoms with Crippen molar-refractivity contribution < 1.29 is 4.74 Å². The quantitative estimate of drug-likeness (QED) is 0.770. The van der Waals surface area contributed by atoms with E-state index in [1.54, 1.807) is 7.11 Å². The lowest BCUT2D eigenvalue weighted by molar-refractivity contribution is 0.378. The van der Waals surface area contributed by atoms with Crippen molar-refractivity contribution in [1.82, 2.24) is 0 Å². The van der Waals surface area contributed by atoms with Crippen molar-refractivity contribution in [3.8, 4) is 5.75 Å². The van der Waals surface area contributed by atoms with Crippen LogP contribution >= 0.6 is 0 Å². The van der Waals surface area contributed by atoms with Crippen molar-refractivity contribution in [1.29, 1.82) is 0 Å². The van der Waals surface area contributed by atoms with Gasteiger partial charge in [-0.2, -0.15) is 0 Å². The topological polar surface area (TPSA) is 12.5 Å². The molecule has 0 amide bonds. The Labute approximate surface area is 105 Å². The van der Waals surface area contributed by atoms with Gasteiger partial charge in [-0.25, -0.2) is 0 Å². The highest BCUT2D eigenvalue weighted by Gasteiger charge is 2.35. The van der Waals surface area contributed by atoms with Gasteiger partial charge in [0.2, 0.25) is 0 Å². The van der Waals surface area contributed by atoms with E-state index in [1.165, 1.54) is 17.7 Å². The second kappa shape index (κ2) is 4.25. The number of fused-ring (bicyclic) bond motifs is 1. The van der Waals surface area contributed by atoms with Crippen LogP contribution in [0.15, 0.2) is 18.2 Å². The molecule has 0 radical (unpaired) electrons. The molecule has 0 saturated carbocycles. The number of methoxy groups -OCH3 is 1. The standard InChI is InChI=1S/C15H23NO/c1-6-16-14-9-12(17-5)7-8-13(14)11(2)10-15(16,3)4/h7-9,11H,6,10H2,1-5H3. The maximum atomic E-state index is 5.35. The summed E-state index contributed by atoms with van der Waals surface area (Å²) in [7, 11) is 1.73. The third kappa shape index (κ3) is 2.01. The lowest BCUT2D eigenvalue weighted by atomic mass is 9.80. The first-order chi connectivity index (χ1) is 7.99. The molecule has 2 heteroatoms. The fourth-order valence-corrected chi connectivity index (χ4v) is 3.19. The molecule has 0 fully saturated rings. The van der Waals surface area contributed by atoms with Gasteiger partial charge >= 0.3 is 0 Å². The number of benzene rings is 1. The summed E-state index contributed by atoms with van der Waals surface area (Å²) in [5.41, 5.74) is 3.02. The predicted octanol–water partition coefficient (Wildman–Crippen LogP) is 3.81. The van der Waals surface area contributed by atoms with Crippen molar-refractivity contribution in [2.24, 2.45) is 0 Å². The van der Waals surface area contributed by atoms with Crippen molar-refractivity contribution in [2.45, 2.75) is 45.6 Å². The molecule has 0 saturated heterocycles. The van der Waals surface area contributed by atoms with Crippen molar-refractivity contribution >= 4 is 5.69 Å². The second-order valence-corrected chi connectivity index (χ2v) is 5.59. The van der Waals surface area contributed by atoms with E-state index in [0.717, 1.165) is 12.3 Å². The average molecular weight is 233 g/mol. The zero-order valence-corrected chi connectivity index (χ0v) is 11.6. The maximum Gasteiger partial charge on any atom is 0.120 e. The van der Waals surface area contributed by atoms with Crippen LogP contribution in [0.3, 0.4) is 0 Å². The van der Waals surface area contributed by atoms with Crippen molar-refractivity contribution in [2.75, 3.05) is 18.6 Å². The van der Waals surface area contributed by atoms with Gasteiger partial charge < -0.3 is 9.64 Å². The number of hydrogen-bond donors (Lipinski definition) is 0. The molecule has 1 aromatic rings. The second-order valence-electron chi connectivity index (χ2n) is 5.59. The van der Waals surface area contributed by atoms with Gasteiger partial charge in [-0.3, -0.25) is 0 Å². The number of ether oxygens (including phenoxy) is 1. The van der Waals surface area contributed by atoms with E-state index in [2.05, 4.69) is 50.8 Å². The molecule has 0 aliphatic carbocycles. The number of rotatable bonds is 2. The third-order valence-corrected chi connectivity index (χ3v) is 3.91. The Balaban J connectivity index is 2.53. The monoisotopic (exact) mass is 233 g/mol. The van der Waals surface area contributed by atoms with Crippen LogP contribution in [0.4, 0.5) is 5.69 Å². The summed E-state index contributed by atoms with van der Waals surface area (Å²) in [4.78, 5) is 2.49. The van der Waals surface area contributed by atoms with E-state index < -0.39 is 0 Å². The number of hydrogen-bond acceptors (Lipinski definition) is 2. The van der Waals surface area contributed by atoms with Gasteiger partial charge in [-0.1, -0.05) is 13.0 Å². The van der Waals surface area contributed by atoms with Crippen LogP contribution in [0.5, 0.6) is 5.75 Å². The summed E-state index contributed by atoms with van der Waals surface area (Å²) in [6, 6.07) is 6.47. The van der Waals surface area contributed by atoms with Gasteiger partial charge in [0.1, 0.15) is 5.75 Å². The lowest BCUT2D eigenvalue weighted by Crippen LogP contribution is -2.48. The number of nitrogens with zero attached hydrogens (tertiary/aromatic N) is 1. The predicted molar refractivity (Wildman–Crippen MR) is 73.1 cm³/mol. The van der Waals surface area contributed by atoms with Gasteiger partial charge in [0.15, 0.2) is 0 Å². The summed E-state index contributed by atoms with van der Waals surface area (Å²) < 4.78 is 5.35. The van der Waals surface area contributed by atoms with Crippen LogP contribution in [0, 0.1) is 0 Å². The number of anilines is 1. The van der Waals surface area contributed by atoms with Gasteiger partial charge in [-0.05, 0) is 44.7 Å². The highest BCUT2D eigenvalue weighted by Crippen LogP contribution is 2.44. The van der Waals surface area contributed by atoms with Gasteiger partial charge in [-0.15, -0.1) is 0 Å². The first-order valence-corrected chi connectivity index (χ1v) is 6.45. The van der Waals surface area contributed by atoms with E-state index in [0.29, 0.717) is 5.92 Å². The Morgan fingerprint density at radius 3 is 2.71 bits per heavy atom. The Bertz CT molecular complexity index is 411. The van der Waals surface area contributed by atoms with Crippen molar-refractivity contribution in [3.63, 3.8) is 0 Å². The van der Waals surface area contributed by atoms with E-state index in [1.807, 2.05) is 0 Å². The van der Waals surface area contributed by atoms with Crippen LogP contribution in [-0.4, -0.2) is 19.2 Å². The van der Waals surface area contributed by atoms with E-state index in [-0.39, 0.29) is 5.54 Å². The molecule has 2 rings (SSSR count). The van der Waals surface area contributed by atoms with E-state index in [4.69, 9.17) is 4.74 Å². The molecular formula is C15H23NO. The molecule has 0 bridgehead atoms. The smallest absolute Gasteiger partial charge is 0.120 e. The largest absolute Gasteiger partial charge is 0.497 e. The first kappa shape index (κ1) is 12.3. The van der Waals surface area contributed by atoms with E-state index >= 15 is 0 Å². The van der Waals surface area contributed by atoms with Gasteiger partial charge in [0.05, 0.1) is 7.11 Å². The molecule has 1 aliphatic heterocycles.